The lowest BCUT2D eigenvalue weighted by Gasteiger charge is -2.20. The largest absolute Gasteiger partial charge is 0.343 e. The van der Waals surface area contributed by atoms with Crippen LogP contribution in [0.2, 0.25) is 0 Å². The van der Waals surface area contributed by atoms with Crippen LogP contribution in [0.1, 0.15) is 36.4 Å². The maximum atomic E-state index is 11.8. The minimum Gasteiger partial charge on any atom is -0.343 e. The number of amides is 1. The van der Waals surface area contributed by atoms with Crippen LogP contribution in [0.25, 0.3) is 0 Å². The summed E-state index contributed by atoms with van der Waals surface area (Å²) in [4.78, 5) is 24.5. The highest BCUT2D eigenvalue weighted by molar-refractivity contribution is 5.78. The number of carbonyl (C=O) groups excluding carboxylic acids is 1. The third-order valence-electron chi connectivity index (χ3n) is 5.02. The smallest absolute Gasteiger partial charge is 0.222 e. The van der Waals surface area contributed by atoms with E-state index >= 15 is 0 Å². The predicted octanol–water partition coefficient (Wildman–Crippen LogP) is 2.60. The zero-order chi connectivity index (χ0) is 17.2. The summed E-state index contributed by atoms with van der Waals surface area (Å²) in [5, 5.41) is 8.89. The minimum absolute atomic E-state index is 0.279. The SMILES string of the molecule is N#Cc1cnc(N2CC(CCN3CCCC3=O)c3ccccc32)cn1. The van der Waals surface area contributed by atoms with Gasteiger partial charge in [0.05, 0.1) is 12.4 Å². The molecule has 6 nitrogen and oxygen atoms in total. The van der Waals surface area contributed by atoms with Crippen LogP contribution >= 0.6 is 0 Å². The second kappa shape index (κ2) is 6.52. The molecular weight excluding hydrogens is 314 g/mol. The van der Waals surface area contributed by atoms with Gasteiger partial charge in [0.25, 0.3) is 0 Å². The predicted molar refractivity (Wildman–Crippen MR) is 93.4 cm³/mol. The maximum Gasteiger partial charge on any atom is 0.222 e. The number of nitrogens with zero attached hydrogens (tertiary/aromatic N) is 5. The van der Waals surface area contributed by atoms with Gasteiger partial charge in [0.15, 0.2) is 11.5 Å². The van der Waals surface area contributed by atoms with E-state index in [4.69, 9.17) is 5.26 Å². The molecule has 1 aromatic heterocycles. The van der Waals surface area contributed by atoms with Gasteiger partial charge in [-0.25, -0.2) is 9.97 Å². The van der Waals surface area contributed by atoms with Crippen LogP contribution < -0.4 is 4.90 Å². The number of hydrogen-bond acceptors (Lipinski definition) is 5. The van der Waals surface area contributed by atoms with Crippen molar-refractivity contribution in [1.82, 2.24) is 14.9 Å². The van der Waals surface area contributed by atoms with Crippen molar-refractivity contribution in [3.8, 4) is 6.07 Å². The van der Waals surface area contributed by atoms with Crippen LogP contribution in [-0.4, -0.2) is 40.4 Å². The average molecular weight is 333 g/mol. The summed E-state index contributed by atoms with van der Waals surface area (Å²) in [7, 11) is 0. The quantitative estimate of drug-likeness (QED) is 0.860. The van der Waals surface area contributed by atoms with E-state index in [1.54, 1.807) is 6.20 Å². The Labute approximate surface area is 146 Å². The summed E-state index contributed by atoms with van der Waals surface area (Å²) >= 11 is 0. The molecular formula is C19H19N5O. The van der Waals surface area contributed by atoms with E-state index in [9.17, 15) is 4.79 Å². The van der Waals surface area contributed by atoms with Crippen molar-refractivity contribution >= 4 is 17.4 Å². The normalized spacial score (nSPS) is 19.2. The zero-order valence-electron chi connectivity index (χ0n) is 13.9. The number of likely N-dealkylation sites (tertiary alicyclic amines) is 1. The molecule has 4 rings (SSSR count). The molecule has 3 heterocycles. The number of fused-ring (bicyclic) bond motifs is 1. The molecule has 1 fully saturated rings. The molecule has 0 radical (unpaired) electrons. The highest BCUT2D eigenvalue weighted by Gasteiger charge is 2.31. The van der Waals surface area contributed by atoms with Gasteiger partial charge in [-0.1, -0.05) is 18.2 Å². The summed E-state index contributed by atoms with van der Waals surface area (Å²) in [5.74, 6) is 1.40. The van der Waals surface area contributed by atoms with Crippen LogP contribution in [0, 0.1) is 11.3 Å². The minimum atomic E-state index is 0.279. The van der Waals surface area contributed by atoms with E-state index in [0.29, 0.717) is 18.0 Å². The molecule has 2 aromatic rings. The molecule has 0 N–H and O–H groups in total. The Kier molecular flexibility index (Phi) is 4.06. The summed E-state index contributed by atoms with van der Waals surface area (Å²) in [6.07, 6.45) is 5.78. The van der Waals surface area contributed by atoms with Crippen molar-refractivity contribution in [2.75, 3.05) is 24.5 Å². The number of aromatic nitrogens is 2. The first-order chi connectivity index (χ1) is 12.3. The lowest BCUT2D eigenvalue weighted by Crippen LogP contribution is -2.27. The van der Waals surface area contributed by atoms with E-state index in [1.807, 2.05) is 17.0 Å². The fraction of sp³-hybridized carbons (Fsp3) is 0.368. The standard InChI is InChI=1S/C19H19N5O/c20-10-15-11-22-18(12-21-15)24-13-14(16-4-1-2-5-17(16)24)7-9-23-8-3-6-19(23)25/h1-2,4-5,11-12,14H,3,6-9,13H2. The van der Waals surface area contributed by atoms with Crippen LogP contribution in [0.15, 0.2) is 36.7 Å². The van der Waals surface area contributed by atoms with Crippen molar-refractivity contribution in [2.24, 2.45) is 0 Å². The van der Waals surface area contributed by atoms with E-state index in [0.717, 1.165) is 44.0 Å². The van der Waals surface area contributed by atoms with E-state index in [-0.39, 0.29) is 5.91 Å². The van der Waals surface area contributed by atoms with Crippen LogP contribution in [0.4, 0.5) is 11.5 Å². The third kappa shape index (κ3) is 2.93. The summed E-state index contributed by atoms with van der Waals surface area (Å²) in [6.45, 7) is 2.52. The second-order valence-electron chi connectivity index (χ2n) is 6.51. The number of carbonyl (C=O) groups is 1. The van der Waals surface area contributed by atoms with Gasteiger partial charge in [0.1, 0.15) is 6.07 Å². The Morgan fingerprint density at radius 2 is 2.12 bits per heavy atom. The van der Waals surface area contributed by atoms with Crippen LogP contribution in [0.5, 0.6) is 0 Å². The summed E-state index contributed by atoms with van der Waals surface area (Å²) in [6, 6.07) is 10.3. The molecule has 1 amide bonds. The Morgan fingerprint density at radius 3 is 2.84 bits per heavy atom. The van der Waals surface area contributed by atoms with Crippen molar-refractivity contribution in [3.63, 3.8) is 0 Å². The first-order valence-corrected chi connectivity index (χ1v) is 8.62. The Morgan fingerprint density at radius 1 is 1.24 bits per heavy atom. The fourth-order valence-corrected chi connectivity index (χ4v) is 3.73. The topological polar surface area (TPSA) is 73.1 Å². The van der Waals surface area contributed by atoms with Gasteiger partial charge in [-0.15, -0.1) is 0 Å². The first-order valence-electron chi connectivity index (χ1n) is 8.62. The number of rotatable bonds is 4. The molecule has 25 heavy (non-hydrogen) atoms. The average Bonchev–Trinajstić information content (AvgIpc) is 3.23. The van der Waals surface area contributed by atoms with Gasteiger partial charge in [0.2, 0.25) is 5.91 Å². The van der Waals surface area contributed by atoms with Gasteiger partial charge < -0.3 is 9.80 Å². The molecule has 6 heteroatoms. The van der Waals surface area contributed by atoms with Crippen molar-refractivity contribution in [1.29, 1.82) is 5.26 Å². The second-order valence-corrected chi connectivity index (χ2v) is 6.51. The Bertz CT molecular complexity index is 826. The monoisotopic (exact) mass is 333 g/mol. The van der Waals surface area contributed by atoms with Crippen molar-refractivity contribution in [3.05, 3.63) is 47.9 Å². The molecule has 0 spiro atoms. The summed E-state index contributed by atoms with van der Waals surface area (Å²) in [5.41, 5.74) is 2.75. The maximum absolute atomic E-state index is 11.8. The molecule has 0 aliphatic carbocycles. The lowest BCUT2D eigenvalue weighted by molar-refractivity contribution is -0.127. The Hall–Kier alpha value is -2.94. The molecule has 1 saturated heterocycles. The molecule has 126 valence electrons. The number of para-hydroxylation sites is 1. The van der Waals surface area contributed by atoms with E-state index in [2.05, 4.69) is 33.1 Å². The molecule has 2 aliphatic rings. The number of nitriles is 1. The highest BCUT2D eigenvalue weighted by atomic mass is 16.2. The van der Waals surface area contributed by atoms with E-state index < -0.39 is 0 Å². The highest BCUT2D eigenvalue weighted by Crippen LogP contribution is 2.41. The van der Waals surface area contributed by atoms with Crippen molar-refractivity contribution < 1.29 is 4.79 Å². The fourth-order valence-electron chi connectivity index (χ4n) is 3.73. The third-order valence-corrected chi connectivity index (χ3v) is 5.02. The van der Waals surface area contributed by atoms with Gasteiger partial charge >= 0.3 is 0 Å². The number of anilines is 2. The summed E-state index contributed by atoms with van der Waals surface area (Å²) < 4.78 is 0. The van der Waals surface area contributed by atoms with E-state index in [1.165, 1.54) is 11.8 Å². The zero-order valence-corrected chi connectivity index (χ0v) is 13.9. The molecule has 1 unspecified atom stereocenters. The Balaban J connectivity index is 1.54. The van der Waals surface area contributed by atoms with Gasteiger partial charge in [-0.3, -0.25) is 4.79 Å². The number of benzene rings is 1. The molecule has 1 aromatic carbocycles. The van der Waals surface area contributed by atoms with Crippen LogP contribution in [0.3, 0.4) is 0 Å². The van der Waals surface area contributed by atoms with Gasteiger partial charge in [0, 0.05) is 37.7 Å². The first kappa shape index (κ1) is 15.6. The van der Waals surface area contributed by atoms with Gasteiger partial charge in [-0.05, 0) is 24.5 Å². The molecule has 0 saturated carbocycles. The van der Waals surface area contributed by atoms with Gasteiger partial charge in [-0.2, -0.15) is 5.26 Å². The molecule has 1 atom stereocenters. The van der Waals surface area contributed by atoms with Crippen LogP contribution in [-0.2, 0) is 4.79 Å². The molecule has 0 bridgehead atoms. The number of hydrogen-bond donors (Lipinski definition) is 0. The molecule has 2 aliphatic heterocycles. The van der Waals surface area contributed by atoms with Crippen molar-refractivity contribution in [2.45, 2.75) is 25.2 Å². The lowest BCUT2D eigenvalue weighted by atomic mass is 9.98.